The molecule has 0 aliphatic heterocycles. The number of carbonyl (C=O) groups excluding carboxylic acids is 2. The molecule has 0 unspecified atom stereocenters. The zero-order valence-electron chi connectivity index (χ0n) is 16.0. The maximum atomic E-state index is 12.4. The second-order valence-electron chi connectivity index (χ2n) is 6.05. The van der Waals surface area contributed by atoms with Crippen LogP contribution >= 0.6 is 11.6 Å². The summed E-state index contributed by atoms with van der Waals surface area (Å²) in [6.45, 7) is 9.71. The number of amides is 2. The summed E-state index contributed by atoms with van der Waals surface area (Å²) in [5, 5.41) is 3.66. The van der Waals surface area contributed by atoms with Crippen LogP contribution < -0.4 is 5.32 Å². The Morgan fingerprint density at radius 2 is 1.68 bits per heavy atom. The molecule has 140 valence electrons. The lowest BCUT2D eigenvalue weighted by atomic mass is 10.0. The zero-order valence-corrected chi connectivity index (χ0v) is 16.7. The molecular formula is C19H30ClN3O2. The van der Waals surface area contributed by atoms with Crippen molar-refractivity contribution in [2.24, 2.45) is 0 Å². The number of hydrogen-bond donors (Lipinski definition) is 1. The first kappa shape index (κ1) is 21.5. The van der Waals surface area contributed by atoms with Crippen LogP contribution in [0.25, 0.3) is 0 Å². The van der Waals surface area contributed by atoms with Gasteiger partial charge >= 0.3 is 0 Å². The third kappa shape index (κ3) is 6.01. The minimum absolute atomic E-state index is 0.0338. The number of benzene rings is 1. The number of aryl methyl sites for hydroxylation is 1. The Morgan fingerprint density at radius 3 is 2.20 bits per heavy atom. The molecule has 5 nitrogen and oxygen atoms in total. The lowest BCUT2D eigenvalue weighted by Crippen LogP contribution is -2.41. The highest BCUT2D eigenvalue weighted by Gasteiger charge is 2.17. The van der Waals surface area contributed by atoms with E-state index in [0.29, 0.717) is 18.1 Å². The molecule has 6 heteroatoms. The predicted octanol–water partition coefficient (Wildman–Crippen LogP) is 3.20. The molecule has 1 aromatic rings. The van der Waals surface area contributed by atoms with Gasteiger partial charge in [-0.1, -0.05) is 31.5 Å². The Morgan fingerprint density at radius 1 is 1.04 bits per heavy atom. The lowest BCUT2D eigenvalue weighted by molar-refractivity contribution is -0.132. The third-order valence-electron chi connectivity index (χ3n) is 4.28. The fourth-order valence-electron chi connectivity index (χ4n) is 2.85. The van der Waals surface area contributed by atoms with Gasteiger partial charge in [-0.25, -0.2) is 0 Å². The molecule has 0 aliphatic carbocycles. The van der Waals surface area contributed by atoms with E-state index in [4.69, 9.17) is 11.6 Å². The van der Waals surface area contributed by atoms with E-state index in [1.54, 1.807) is 16.8 Å². The van der Waals surface area contributed by atoms with Crippen molar-refractivity contribution < 1.29 is 9.59 Å². The molecule has 0 aliphatic rings. The summed E-state index contributed by atoms with van der Waals surface area (Å²) in [5.41, 5.74) is 2.83. The molecule has 0 bridgehead atoms. The Balaban J connectivity index is 2.77. The van der Waals surface area contributed by atoms with E-state index in [2.05, 4.69) is 5.32 Å². The van der Waals surface area contributed by atoms with Gasteiger partial charge in [0.05, 0.1) is 13.1 Å². The third-order valence-corrected chi connectivity index (χ3v) is 4.63. The van der Waals surface area contributed by atoms with E-state index < -0.39 is 0 Å². The van der Waals surface area contributed by atoms with Crippen molar-refractivity contribution in [2.45, 2.75) is 40.5 Å². The summed E-state index contributed by atoms with van der Waals surface area (Å²) in [5.74, 6) is -0.104. The van der Waals surface area contributed by atoms with Gasteiger partial charge in [0.25, 0.3) is 0 Å². The molecule has 0 atom stereocenters. The normalized spacial score (nSPS) is 10.8. The fourth-order valence-corrected chi connectivity index (χ4v) is 3.15. The maximum absolute atomic E-state index is 12.4. The van der Waals surface area contributed by atoms with E-state index in [1.165, 1.54) is 0 Å². The molecule has 0 saturated carbocycles. The van der Waals surface area contributed by atoms with Gasteiger partial charge in [-0.2, -0.15) is 0 Å². The number of halogens is 1. The molecule has 1 aromatic carbocycles. The average Bonchev–Trinajstić information content (AvgIpc) is 2.56. The number of nitrogens with one attached hydrogen (secondary N) is 1. The lowest BCUT2D eigenvalue weighted by Gasteiger charge is -2.23. The van der Waals surface area contributed by atoms with Crippen LogP contribution in [0.2, 0.25) is 5.02 Å². The quantitative estimate of drug-likeness (QED) is 0.729. The monoisotopic (exact) mass is 367 g/mol. The Hall–Kier alpha value is -1.59. The molecule has 1 rings (SSSR count). The molecule has 25 heavy (non-hydrogen) atoms. The topological polar surface area (TPSA) is 52.7 Å². The standard InChI is InChI=1S/C19H30ClN3O2/c1-6-14-10-11-16(20)15(7-2)19(14)21-17(24)12-22(5)13-18(25)23(8-3)9-4/h10-11H,6-9,12-13H2,1-5H3,(H,21,24). The minimum atomic E-state index is -0.137. The van der Waals surface area contributed by atoms with Crippen molar-refractivity contribution in [1.82, 2.24) is 9.80 Å². The summed E-state index contributed by atoms with van der Waals surface area (Å²) in [4.78, 5) is 28.1. The number of anilines is 1. The van der Waals surface area contributed by atoms with E-state index in [9.17, 15) is 9.59 Å². The van der Waals surface area contributed by atoms with Gasteiger partial charge in [-0.05, 0) is 50.9 Å². The molecule has 0 saturated heterocycles. The van der Waals surface area contributed by atoms with Crippen molar-refractivity contribution in [3.63, 3.8) is 0 Å². The van der Waals surface area contributed by atoms with Crippen molar-refractivity contribution in [3.8, 4) is 0 Å². The summed E-state index contributed by atoms with van der Waals surface area (Å²) < 4.78 is 0. The van der Waals surface area contributed by atoms with E-state index >= 15 is 0 Å². The maximum Gasteiger partial charge on any atom is 0.238 e. The van der Waals surface area contributed by atoms with Crippen LogP contribution in [0.5, 0.6) is 0 Å². The summed E-state index contributed by atoms with van der Waals surface area (Å²) >= 11 is 6.27. The van der Waals surface area contributed by atoms with Gasteiger partial charge < -0.3 is 10.2 Å². The SMILES string of the molecule is CCc1ccc(Cl)c(CC)c1NC(=O)CN(C)CC(=O)N(CC)CC. The first-order valence-electron chi connectivity index (χ1n) is 8.94. The number of carbonyl (C=O) groups is 2. The Kier molecular flexibility index (Phi) is 8.93. The van der Waals surface area contributed by atoms with E-state index in [0.717, 1.165) is 29.7 Å². The highest BCUT2D eigenvalue weighted by molar-refractivity contribution is 6.32. The average molecular weight is 368 g/mol. The zero-order chi connectivity index (χ0) is 19.0. The van der Waals surface area contributed by atoms with Crippen molar-refractivity contribution in [1.29, 1.82) is 0 Å². The van der Waals surface area contributed by atoms with Gasteiger partial charge in [0.2, 0.25) is 11.8 Å². The molecule has 0 radical (unpaired) electrons. The van der Waals surface area contributed by atoms with Crippen LogP contribution in [-0.4, -0.2) is 54.8 Å². The summed E-state index contributed by atoms with van der Waals surface area (Å²) in [6, 6.07) is 3.83. The Labute approximate surface area is 156 Å². The van der Waals surface area contributed by atoms with Crippen LogP contribution in [0.1, 0.15) is 38.8 Å². The fraction of sp³-hybridized carbons (Fsp3) is 0.579. The molecule has 2 amide bonds. The van der Waals surface area contributed by atoms with Crippen molar-refractivity contribution >= 4 is 29.1 Å². The highest BCUT2D eigenvalue weighted by atomic mass is 35.5. The largest absolute Gasteiger partial charge is 0.342 e. The number of rotatable bonds is 9. The van der Waals surface area contributed by atoms with E-state index in [-0.39, 0.29) is 24.9 Å². The molecule has 1 N–H and O–H groups in total. The van der Waals surface area contributed by atoms with Gasteiger partial charge in [-0.3, -0.25) is 14.5 Å². The first-order valence-corrected chi connectivity index (χ1v) is 9.31. The minimum Gasteiger partial charge on any atom is -0.342 e. The molecule has 0 spiro atoms. The summed E-state index contributed by atoms with van der Waals surface area (Å²) in [7, 11) is 1.78. The highest BCUT2D eigenvalue weighted by Crippen LogP contribution is 2.29. The summed E-state index contributed by atoms with van der Waals surface area (Å²) in [6.07, 6.45) is 1.56. The number of hydrogen-bond acceptors (Lipinski definition) is 3. The molecule has 0 aromatic heterocycles. The van der Waals surface area contributed by atoms with Crippen LogP contribution in [0.3, 0.4) is 0 Å². The van der Waals surface area contributed by atoms with Crippen LogP contribution in [0, 0.1) is 0 Å². The first-order chi connectivity index (χ1) is 11.9. The van der Waals surface area contributed by atoms with Crippen LogP contribution in [0.15, 0.2) is 12.1 Å². The molecule has 0 fully saturated rings. The second kappa shape index (κ2) is 10.4. The Bertz CT molecular complexity index is 601. The van der Waals surface area contributed by atoms with Crippen molar-refractivity contribution in [3.05, 3.63) is 28.3 Å². The van der Waals surface area contributed by atoms with Crippen LogP contribution in [-0.2, 0) is 22.4 Å². The molecule has 0 heterocycles. The second-order valence-corrected chi connectivity index (χ2v) is 6.46. The van der Waals surface area contributed by atoms with Gasteiger partial charge in [0.1, 0.15) is 0 Å². The van der Waals surface area contributed by atoms with Gasteiger partial charge in [0.15, 0.2) is 0 Å². The van der Waals surface area contributed by atoms with E-state index in [1.807, 2.05) is 39.8 Å². The number of nitrogens with zero attached hydrogens (tertiary/aromatic N) is 2. The van der Waals surface area contributed by atoms with Crippen molar-refractivity contribution in [2.75, 3.05) is 38.5 Å². The predicted molar refractivity (Wildman–Crippen MR) is 104 cm³/mol. The van der Waals surface area contributed by atoms with Gasteiger partial charge in [-0.15, -0.1) is 0 Å². The van der Waals surface area contributed by atoms with Crippen LogP contribution in [0.4, 0.5) is 5.69 Å². The smallest absolute Gasteiger partial charge is 0.238 e. The van der Waals surface area contributed by atoms with Gasteiger partial charge in [0, 0.05) is 23.8 Å². The molecular weight excluding hydrogens is 338 g/mol. The number of likely N-dealkylation sites (N-methyl/N-ethyl adjacent to an activating group) is 2.